The van der Waals surface area contributed by atoms with Crippen LogP contribution in [0.2, 0.25) is 0 Å². The lowest BCUT2D eigenvalue weighted by Crippen LogP contribution is -2.64. The molecular formula is C41H57NO6. The van der Waals surface area contributed by atoms with Crippen LogP contribution >= 0.6 is 0 Å². The molecule has 4 fully saturated rings. The number of hydrogen-bond acceptors (Lipinski definition) is 5. The summed E-state index contributed by atoms with van der Waals surface area (Å²) in [7, 11) is 0. The van der Waals surface area contributed by atoms with Crippen molar-refractivity contribution < 1.29 is 29.0 Å². The first-order valence-corrected chi connectivity index (χ1v) is 18.5. The van der Waals surface area contributed by atoms with Gasteiger partial charge in [0.2, 0.25) is 0 Å². The zero-order chi connectivity index (χ0) is 35.0. The second kappa shape index (κ2) is 11.8. The van der Waals surface area contributed by atoms with Gasteiger partial charge in [-0.1, -0.05) is 59.7 Å². The number of ether oxygens (including phenoxy) is 1. The molecule has 5 aliphatic carbocycles. The van der Waals surface area contributed by atoms with Crippen molar-refractivity contribution in [2.75, 3.05) is 0 Å². The van der Waals surface area contributed by atoms with Crippen LogP contribution in [0.15, 0.2) is 41.5 Å². The van der Waals surface area contributed by atoms with Gasteiger partial charge in [-0.25, -0.2) is 0 Å². The molecule has 0 saturated heterocycles. The highest BCUT2D eigenvalue weighted by molar-refractivity contribution is 6.03. The number of fused-ring (bicyclic) bond motifs is 7. The van der Waals surface area contributed by atoms with E-state index in [0.717, 1.165) is 56.9 Å². The smallest absolute Gasteiger partial charge is 0.309 e. The highest BCUT2D eigenvalue weighted by atomic mass is 16.5. The molecule has 0 aliphatic heterocycles. The number of ketones is 1. The van der Waals surface area contributed by atoms with E-state index in [1.807, 2.05) is 30.3 Å². The van der Waals surface area contributed by atoms with Crippen LogP contribution in [0.1, 0.15) is 130 Å². The summed E-state index contributed by atoms with van der Waals surface area (Å²) in [6.07, 6.45) is 7.82. The van der Waals surface area contributed by atoms with Gasteiger partial charge in [0.25, 0.3) is 5.91 Å². The molecule has 4 saturated carbocycles. The van der Waals surface area contributed by atoms with E-state index < -0.39 is 22.9 Å². The Balaban J connectivity index is 1.27. The van der Waals surface area contributed by atoms with E-state index in [9.17, 15) is 24.3 Å². The molecule has 5 aliphatic rings. The van der Waals surface area contributed by atoms with E-state index in [4.69, 9.17) is 4.74 Å². The first kappa shape index (κ1) is 34.9. The molecule has 1 amide bonds. The minimum atomic E-state index is -1.16. The number of carboxylic acids is 1. The fourth-order valence-corrected chi connectivity index (χ4v) is 12.1. The highest BCUT2D eigenvalue weighted by Gasteiger charge is 2.67. The summed E-state index contributed by atoms with van der Waals surface area (Å²) >= 11 is 0. The SMILES string of the molecule is CC(C)C1=C2[C@H]3CCC4[C@@](C)(CCC5C(C)(C)[C@@H](OC(=O)CC(C)(C)C(=O)O)CC[C@@]54C)C3CC[C@@]2(NC(=O)c2ccccc2)CC1=O. The fraction of sp³-hybridized carbons (Fsp3) is 0.707. The van der Waals surface area contributed by atoms with Crippen LogP contribution in [0.4, 0.5) is 0 Å². The molecule has 0 spiro atoms. The van der Waals surface area contributed by atoms with Crippen molar-refractivity contribution in [3.05, 3.63) is 47.0 Å². The van der Waals surface area contributed by atoms with E-state index in [-0.39, 0.29) is 52.3 Å². The minimum Gasteiger partial charge on any atom is -0.481 e. The molecule has 0 radical (unpaired) electrons. The molecule has 8 atom stereocenters. The second-order valence-electron chi connectivity index (χ2n) is 18.2. The van der Waals surface area contributed by atoms with Gasteiger partial charge in [-0.2, -0.15) is 0 Å². The standard InChI is InChI=1S/C41H57NO6/c1-24(2)33-28(43)22-41(42-35(45)25-12-10-9-11-13-25)21-16-27-26(34(33)41)14-15-30-39(27,7)19-17-29-38(5,6)31(18-20-40(29,30)8)48-32(44)23-37(3,4)36(46)47/h9-13,24,26-27,29-31H,14-23H2,1-8H3,(H,42,45)(H,46,47)/t26-,27?,29?,30?,31-,39-,40-,41+/m0/s1. The van der Waals surface area contributed by atoms with Crippen molar-refractivity contribution in [3.8, 4) is 0 Å². The molecule has 7 nitrogen and oxygen atoms in total. The Labute approximate surface area is 287 Å². The van der Waals surface area contributed by atoms with Gasteiger partial charge in [0, 0.05) is 17.4 Å². The van der Waals surface area contributed by atoms with Crippen molar-refractivity contribution in [2.45, 2.75) is 131 Å². The Morgan fingerprint density at radius 1 is 0.917 bits per heavy atom. The van der Waals surface area contributed by atoms with Crippen LogP contribution in [0.25, 0.3) is 0 Å². The van der Waals surface area contributed by atoms with Crippen molar-refractivity contribution in [2.24, 2.45) is 51.2 Å². The summed E-state index contributed by atoms with van der Waals surface area (Å²) in [5.41, 5.74) is 1.04. The normalized spacial score (nSPS) is 37.2. The Morgan fingerprint density at radius 3 is 2.23 bits per heavy atom. The number of carboxylic acid groups (broad SMARTS) is 1. The zero-order valence-corrected chi connectivity index (χ0v) is 30.4. The first-order valence-electron chi connectivity index (χ1n) is 18.5. The van der Waals surface area contributed by atoms with Gasteiger partial charge in [-0.05, 0) is 129 Å². The number of allylic oxidation sites excluding steroid dienone is 1. The largest absolute Gasteiger partial charge is 0.481 e. The fourth-order valence-electron chi connectivity index (χ4n) is 12.1. The monoisotopic (exact) mass is 659 g/mol. The van der Waals surface area contributed by atoms with Crippen molar-refractivity contribution in [1.29, 1.82) is 0 Å². The summed E-state index contributed by atoms with van der Waals surface area (Å²) in [6, 6.07) is 9.38. The maximum Gasteiger partial charge on any atom is 0.309 e. The Hall–Kier alpha value is -2.96. The number of rotatable bonds is 7. The third kappa shape index (κ3) is 5.37. The third-order valence-corrected chi connectivity index (χ3v) is 14.4. The lowest BCUT2D eigenvalue weighted by atomic mass is 9.37. The third-order valence-electron chi connectivity index (χ3n) is 14.4. The van der Waals surface area contributed by atoms with E-state index in [0.29, 0.717) is 29.7 Å². The van der Waals surface area contributed by atoms with Crippen LogP contribution in [0.5, 0.6) is 0 Å². The predicted molar refractivity (Wildman–Crippen MR) is 185 cm³/mol. The van der Waals surface area contributed by atoms with Gasteiger partial charge in [-0.15, -0.1) is 0 Å². The van der Waals surface area contributed by atoms with Crippen molar-refractivity contribution >= 4 is 23.6 Å². The number of esters is 1. The zero-order valence-electron chi connectivity index (χ0n) is 30.4. The van der Waals surface area contributed by atoms with E-state index in [1.165, 1.54) is 5.57 Å². The maximum atomic E-state index is 13.8. The molecule has 1 aromatic carbocycles. The number of nitrogens with one attached hydrogen (secondary N) is 1. The maximum absolute atomic E-state index is 13.8. The van der Waals surface area contributed by atoms with Crippen LogP contribution < -0.4 is 5.32 Å². The predicted octanol–water partition coefficient (Wildman–Crippen LogP) is 8.17. The molecule has 48 heavy (non-hydrogen) atoms. The van der Waals surface area contributed by atoms with Gasteiger partial charge >= 0.3 is 11.9 Å². The number of carbonyl (C=O) groups is 4. The molecule has 0 heterocycles. The summed E-state index contributed by atoms with van der Waals surface area (Å²) < 4.78 is 6.13. The van der Waals surface area contributed by atoms with Crippen molar-refractivity contribution in [3.63, 3.8) is 0 Å². The number of hydrogen-bond donors (Lipinski definition) is 2. The summed E-state index contributed by atoms with van der Waals surface area (Å²) in [4.78, 5) is 52.1. The molecule has 0 aromatic heterocycles. The highest BCUT2D eigenvalue weighted by Crippen LogP contribution is 2.72. The Bertz CT molecular complexity index is 1520. The van der Waals surface area contributed by atoms with E-state index in [2.05, 4.69) is 46.9 Å². The minimum absolute atomic E-state index is 0.0848. The summed E-state index contributed by atoms with van der Waals surface area (Å²) in [5.74, 6) is 0.431. The molecule has 7 heteroatoms. The van der Waals surface area contributed by atoms with Crippen LogP contribution in [0, 0.1) is 51.2 Å². The van der Waals surface area contributed by atoms with Crippen molar-refractivity contribution in [1.82, 2.24) is 5.32 Å². The number of aliphatic carboxylic acids is 1. The first-order chi connectivity index (χ1) is 22.4. The second-order valence-corrected chi connectivity index (χ2v) is 18.2. The molecule has 6 rings (SSSR count). The van der Waals surface area contributed by atoms with Crippen LogP contribution in [-0.2, 0) is 19.1 Å². The number of amides is 1. The van der Waals surface area contributed by atoms with Crippen LogP contribution in [0.3, 0.4) is 0 Å². The molecule has 3 unspecified atom stereocenters. The van der Waals surface area contributed by atoms with Gasteiger partial charge < -0.3 is 15.2 Å². The number of carbonyl (C=O) groups excluding carboxylic acids is 3. The van der Waals surface area contributed by atoms with Gasteiger partial charge in [0.05, 0.1) is 17.4 Å². The molecular weight excluding hydrogens is 602 g/mol. The average Bonchev–Trinajstić information content (AvgIpc) is 3.30. The lowest BCUT2D eigenvalue weighted by molar-refractivity contribution is -0.213. The summed E-state index contributed by atoms with van der Waals surface area (Å²) in [5, 5.41) is 13.0. The number of Topliss-reactive ketones (excluding diaryl/α,β-unsaturated/α-hetero) is 1. The molecule has 1 aromatic rings. The Kier molecular flexibility index (Phi) is 8.60. The van der Waals surface area contributed by atoms with Gasteiger partial charge in [0.15, 0.2) is 5.78 Å². The van der Waals surface area contributed by atoms with E-state index >= 15 is 0 Å². The quantitative estimate of drug-likeness (QED) is 0.286. The van der Waals surface area contributed by atoms with E-state index in [1.54, 1.807) is 13.8 Å². The molecule has 262 valence electrons. The topological polar surface area (TPSA) is 110 Å². The number of benzene rings is 1. The molecule has 2 N–H and O–H groups in total. The summed E-state index contributed by atoms with van der Waals surface area (Å²) in [6.45, 7) is 17.0. The van der Waals surface area contributed by atoms with Gasteiger partial charge in [0.1, 0.15) is 6.10 Å². The van der Waals surface area contributed by atoms with Crippen LogP contribution in [-0.4, -0.2) is 40.4 Å². The lowest BCUT2D eigenvalue weighted by Gasteiger charge is -2.68. The molecule has 0 bridgehead atoms. The Morgan fingerprint density at radius 2 is 1.58 bits per heavy atom. The average molecular weight is 660 g/mol. The van der Waals surface area contributed by atoms with Gasteiger partial charge in [-0.3, -0.25) is 19.2 Å².